The molecule has 0 amide bonds. The molecule has 0 bridgehead atoms. The molecule has 1 N–H and O–H groups in total. The van der Waals surface area contributed by atoms with Crippen molar-refractivity contribution in [2.45, 2.75) is 6.92 Å². The van der Waals surface area contributed by atoms with Crippen molar-refractivity contribution < 1.29 is 4.74 Å². The highest BCUT2D eigenvalue weighted by atomic mass is 16.5. The van der Waals surface area contributed by atoms with Crippen LogP contribution in [0.2, 0.25) is 0 Å². The van der Waals surface area contributed by atoms with Crippen LogP contribution in [0.15, 0.2) is 42.6 Å². The number of hydrogen-bond acceptors (Lipinski definition) is 5. The van der Waals surface area contributed by atoms with E-state index in [9.17, 15) is 0 Å². The Morgan fingerprint density at radius 2 is 2.00 bits per heavy atom. The Hall–Kier alpha value is -2.69. The third kappa shape index (κ3) is 2.51. The van der Waals surface area contributed by atoms with Crippen molar-refractivity contribution in [3.05, 3.63) is 48.3 Å². The minimum Gasteiger partial charge on any atom is -0.439 e. The second-order valence-electron chi connectivity index (χ2n) is 4.38. The molecule has 0 saturated heterocycles. The van der Waals surface area contributed by atoms with Gasteiger partial charge in [-0.15, -0.1) is 0 Å². The zero-order chi connectivity index (χ0) is 13.9. The van der Waals surface area contributed by atoms with Gasteiger partial charge in [0.25, 0.3) is 0 Å². The number of aromatic nitrogens is 3. The second kappa shape index (κ2) is 5.13. The Bertz CT molecular complexity index is 758. The number of nitrogens with zero attached hydrogens (tertiary/aromatic N) is 3. The predicted molar refractivity (Wildman–Crippen MR) is 78.1 cm³/mol. The number of benzene rings is 1. The average Bonchev–Trinajstić information content (AvgIpc) is 2.46. The molecule has 0 saturated carbocycles. The number of rotatable bonds is 3. The lowest BCUT2D eigenvalue weighted by molar-refractivity contribution is 0.462. The highest BCUT2D eigenvalue weighted by Crippen LogP contribution is 2.24. The summed E-state index contributed by atoms with van der Waals surface area (Å²) < 4.78 is 5.78. The van der Waals surface area contributed by atoms with E-state index in [4.69, 9.17) is 4.74 Å². The summed E-state index contributed by atoms with van der Waals surface area (Å²) in [6.45, 7) is 1.90. The highest BCUT2D eigenvalue weighted by Gasteiger charge is 2.04. The molecule has 5 heteroatoms. The highest BCUT2D eigenvalue weighted by molar-refractivity contribution is 5.79. The van der Waals surface area contributed by atoms with Gasteiger partial charge in [-0.3, -0.25) is 4.98 Å². The van der Waals surface area contributed by atoms with Crippen molar-refractivity contribution >= 4 is 16.9 Å². The fraction of sp³-hybridized carbons (Fsp3) is 0.133. The van der Waals surface area contributed by atoms with E-state index >= 15 is 0 Å². The Kier molecular flexibility index (Phi) is 3.16. The summed E-state index contributed by atoms with van der Waals surface area (Å²) in [5, 5.41) is 3.99. The molecule has 2 heterocycles. The number of aryl methyl sites for hydroxylation is 1. The molecule has 1 aromatic carbocycles. The van der Waals surface area contributed by atoms with Gasteiger partial charge in [-0.25, -0.2) is 4.98 Å². The Labute approximate surface area is 116 Å². The molecule has 0 fully saturated rings. The van der Waals surface area contributed by atoms with E-state index in [1.807, 2.05) is 37.3 Å². The molecule has 0 atom stereocenters. The number of nitrogens with one attached hydrogen (secondary N) is 1. The molecule has 100 valence electrons. The van der Waals surface area contributed by atoms with Crippen LogP contribution in [0, 0.1) is 6.92 Å². The molecule has 0 aliphatic carbocycles. The van der Waals surface area contributed by atoms with Gasteiger partial charge in [-0.2, -0.15) is 4.98 Å². The molecule has 20 heavy (non-hydrogen) atoms. The quantitative estimate of drug-likeness (QED) is 0.789. The van der Waals surface area contributed by atoms with E-state index in [-0.39, 0.29) is 0 Å². The van der Waals surface area contributed by atoms with Crippen LogP contribution in [0.1, 0.15) is 5.69 Å². The van der Waals surface area contributed by atoms with Gasteiger partial charge in [0, 0.05) is 36.5 Å². The zero-order valence-corrected chi connectivity index (χ0v) is 11.3. The van der Waals surface area contributed by atoms with Crippen molar-refractivity contribution in [3.63, 3.8) is 0 Å². The fourth-order valence-electron chi connectivity index (χ4n) is 1.93. The maximum atomic E-state index is 5.78. The van der Waals surface area contributed by atoms with Gasteiger partial charge in [0.15, 0.2) is 0 Å². The van der Waals surface area contributed by atoms with E-state index in [1.165, 1.54) is 0 Å². The molecule has 3 aromatic rings. The summed E-state index contributed by atoms with van der Waals surface area (Å²) in [5.74, 6) is 1.76. The van der Waals surface area contributed by atoms with E-state index < -0.39 is 0 Å². The standard InChI is InChI=1S/C15H14N4O/c1-10-8-14(19-15(16-2)18-10)20-12-6-5-11-4-3-7-17-13(11)9-12/h3-9H,1-2H3,(H,16,18,19). The summed E-state index contributed by atoms with van der Waals surface area (Å²) in [6, 6.07) is 11.5. The van der Waals surface area contributed by atoms with Crippen LogP contribution in [0.5, 0.6) is 11.6 Å². The third-order valence-electron chi connectivity index (χ3n) is 2.85. The van der Waals surface area contributed by atoms with E-state index in [0.29, 0.717) is 17.6 Å². The largest absolute Gasteiger partial charge is 0.439 e. The molecule has 2 aromatic heterocycles. The number of fused-ring (bicyclic) bond motifs is 1. The van der Waals surface area contributed by atoms with Crippen molar-refractivity contribution in [2.24, 2.45) is 0 Å². The van der Waals surface area contributed by atoms with E-state index in [2.05, 4.69) is 20.3 Å². The zero-order valence-electron chi connectivity index (χ0n) is 11.3. The van der Waals surface area contributed by atoms with E-state index in [1.54, 1.807) is 19.3 Å². The van der Waals surface area contributed by atoms with Crippen LogP contribution in [-0.4, -0.2) is 22.0 Å². The molecule has 0 unspecified atom stereocenters. The van der Waals surface area contributed by atoms with Crippen LogP contribution in [-0.2, 0) is 0 Å². The number of hydrogen-bond donors (Lipinski definition) is 1. The first-order valence-corrected chi connectivity index (χ1v) is 6.31. The minimum atomic E-state index is 0.511. The average molecular weight is 266 g/mol. The van der Waals surface area contributed by atoms with Gasteiger partial charge in [0.1, 0.15) is 5.75 Å². The van der Waals surface area contributed by atoms with Crippen LogP contribution in [0.3, 0.4) is 0 Å². The van der Waals surface area contributed by atoms with Gasteiger partial charge in [0.2, 0.25) is 11.8 Å². The maximum absolute atomic E-state index is 5.78. The molecular weight excluding hydrogens is 252 g/mol. The Morgan fingerprint density at radius 3 is 2.85 bits per heavy atom. The summed E-state index contributed by atoms with van der Waals surface area (Å²) in [6.07, 6.45) is 1.76. The topological polar surface area (TPSA) is 59.9 Å². The lowest BCUT2D eigenvalue weighted by Gasteiger charge is -2.08. The molecule has 0 radical (unpaired) electrons. The number of pyridine rings is 1. The van der Waals surface area contributed by atoms with Crippen molar-refractivity contribution in [1.29, 1.82) is 0 Å². The summed E-state index contributed by atoms with van der Waals surface area (Å²) in [4.78, 5) is 12.8. The summed E-state index contributed by atoms with van der Waals surface area (Å²) in [7, 11) is 1.78. The second-order valence-corrected chi connectivity index (χ2v) is 4.38. The third-order valence-corrected chi connectivity index (χ3v) is 2.85. The predicted octanol–water partition coefficient (Wildman–Crippen LogP) is 3.17. The van der Waals surface area contributed by atoms with Crippen LogP contribution < -0.4 is 10.1 Å². The van der Waals surface area contributed by atoms with Crippen LogP contribution in [0.25, 0.3) is 10.9 Å². The lowest BCUT2D eigenvalue weighted by Crippen LogP contribution is -1.99. The summed E-state index contributed by atoms with van der Waals surface area (Å²) >= 11 is 0. The number of ether oxygens (including phenoxy) is 1. The number of anilines is 1. The van der Waals surface area contributed by atoms with Crippen molar-refractivity contribution in [1.82, 2.24) is 15.0 Å². The van der Waals surface area contributed by atoms with Gasteiger partial charge in [-0.1, -0.05) is 6.07 Å². The van der Waals surface area contributed by atoms with Crippen LogP contribution in [0.4, 0.5) is 5.95 Å². The molecule has 3 rings (SSSR count). The summed E-state index contributed by atoms with van der Waals surface area (Å²) in [5.41, 5.74) is 1.74. The van der Waals surface area contributed by atoms with Gasteiger partial charge in [-0.05, 0) is 25.1 Å². The van der Waals surface area contributed by atoms with Gasteiger partial charge in [0.05, 0.1) is 5.52 Å². The van der Waals surface area contributed by atoms with Crippen molar-refractivity contribution in [3.8, 4) is 11.6 Å². The fourth-order valence-corrected chi connectivity index (χ4v) is 1.93. The first-order valence-electron chi connectivity index (χ1n) is 6.31. The maximum Gasteiger partial charge on any atom is 0.225 e. The first kappa shape index (κ1) is 12.3. The Morgan fingerprint density at radius 1 is 1.10 bits per heavy atom. The molecule has 5 nitrogen and oxygen atoms in total. The van der Waals surface area contributed by atoms with Gasteiger partial charge < -0.3 is 10.1 Å². The molecule has 0 spiro atoms. The first-order chi connectivity index (χ1) is 9.74. The molecular formula is C15H14N4O. The Balaban J connectivity index is 1.94. The monoisotopic (exact) mass is 266 g/mol. The smallest absolute Gasteiger partial charge is 0.225 e. The lowest BCUT2D eigenvalue weighted by atomic mass is 10.2. The normalized spacial score (nSPS) is 10.5. The van der Waals surface area contributed by atoms with Gasteiger partial charge >= 0.3 is 0 Å². The van der Waals surface area contributed by atoms with E-state index in [0.717, 1.165) is 16.6 Å². The van der Waals surface area contributed by atoms with Crippen LogP contribution >= 0.6 is 0 Å². The molecule has 0 aliphatic heterocycles. The molecule has 0 aliphatic rings. The van der Waals surface area contributed by atoms with Crippen molar-refractivity contribution in [2.75, 3.05) is 12.4 Å². The SMILES string of the molecule is CNc1nc(C)cc(Oc2ccc3cccnc3c2)n1. The minimum absolute atomic E-state index is 0.511.